The van der Waals surface area contributed by atoms with E-state index in [0.717, 1.165) is 19.1 Å². The molecular weight excluding hydrogens is 276 g/mol. The standard InChI is InChI=1S/C10H22N2O4S2/c1-3-12(10(8-11)6-4-5-7-10)18(15,16)9-17(2,13)14/h3-9,11H2,1-2H3. The molecule has 0 radical (unpaired) electrons. The van der Waals surface area contributed by atoms with E-state index < -0.39 is 30.5 Å². The molecule has 0 aromatic carbocycles. The molecule has 0 aromatic rings. The van der Waals surface area contributed by atoms with Crippen molar-refractivity contribution in [3.8, 4) is 0 Å². The summed E-state index contributed by atoms with van der Waals surface area (Å²) in [4.78, 5) is 0. The second kappa shape index (κ2) is 5.44. The number of sulfonamides is 1. The highest BCUT2D eigenvalue weighted by Gasteiger charge is 2.44. The van der Waals surface area contributed by atoms with E-state index in [-0.39, 0.29) is 13.1 Å². The molecule has 0 amide bonds. The molecule has 0 aliphatic heterocycles. The van der Waals surface area contributed by atoms with Gasteiger partial charge in [-0.1, -0.05) is 19.8 Å². The molecule has 0 atom stereocenters. The summed E-state index contributed by atoms with van der Waals surface area (Å²) >= 11 is 0. The summed E-state index contributed by atoms with van der Waals surface area (Å²) in [6.45, 7) is 2.22. The van der Waals surface area contributed by atoms with Gasteiger partial charge in [-0.15, -0.1) is 0 Å². The lowest BCUT2D eigenvalue weighted by Crippen LogP contribution is -2.55. The molecule has 0 aromatic heterocycles. The van der Waals surface area contributed by atoms with E-state index in [1.54, 1.807) is 6.92 Å². The van der Waals surface area contributed by atoms with Gasteiger partial charge in [0, 0.05) is 24.9 Å². The van der Waals surface area contributed by atoms with Crippen LogP contribution in [0.4, 0.5) is 0 Å². The molecule has 0 spiro atoms. The number of nitrogens with zero attached hydrogens (tertiary/aromatic N) is 1. The fraction of sp³-hybridized carbons (Fsp3) is 1.00. The van der Waals surface area contributed by atoms with Gasteiger partial charge in [0.2, 0.25) is 10.0 Å². The van der Waals surface area contributed by atoms with E-state index in [9.17, 15) is 16.8 Å². The predicted octanol–water partition coefficient (Wildman–Crippen LogP) is -0.0883. The van der Waals surface area contributed by atoms with Gasteiger partial charge >= 0.3 is 0 Å². The van der Waals surface area contributed by atoms with Crippen LogP contribution in [0, 0.1) is 0 Å². The first-order valence-electron chi connectivity index (χ1n) is 6.05. The Labute approximate surface area is 110 Å². The molecule has 0 saturated heterocycles. The number of likely N-dealkylation sites (N-methyl/N-ethyl adjacent to an activating group) is 1. The van der Waals surface area contributed by atoms with Gasteiger partial charge in [-0.2, -0.15) is 4.31 Å². The zero-order valence-corrected chi connectivity index (χ0v) is 12.6. The Morgan fingerprint density at radius 1 is 1.17 bits per heavy atom. The molecule has 2 N–H and O–H groups in total. The lowest BCUT2D eigenvalue weighted by atomic mass is 9.98. The van der Waals surface area contributed by atoms with Crippen molar-refractivity contribution in [2.24, 2.45) is 5.73 Å². The zero-order valence-electron chi connectivity index (χ0n) is 10.9. The maximum atomic E-state index is 12.2. The van der Waals surface area contributed by atoms with Crippen LogP contribution in [0.25, 0.3) is 0 Å². The van der Waals surface area contributed by atoms with Crippen LogP contribution in [-0.2, 0) is 19.9 Å². The van der Waals surface area contributed by atoms with Crippen LogP contribution in [0.1, 0.15) is 32.6 Å². The normalized spacial score (nSPS) is 20.4. The first kappa shape index (κ1) is 15.9. The topological polar surface area (TPSA) is 97.5 Å². The minimum Gasteiger partial charge on any atom is -0.329 e. The Morgan fingerprint density at radius 3 is 2.00 bits per heavy atom. The minimum atomic E-state index is -3.82. The first-order chi connectivity index (χ1) is 8.17. The molecule has 1 fully saturated rings. The van der Waals surface area contributed by atoms with Crippen molar-refractivity contribution in [2.45, 2.75) is 38.1 Å². The maximum absolute atomic E-state index is 12.2. The summed E-state index contributed by atoms with van der Waals surface area (Å²) in [7, 11) is -7.39. The summed E-state index contributed by atoms with van der Waals surface area (Å²) in [5.41, 5.74) is 5.17. The van der Waals surface area contributed by atoms with Crippen LogP contribution >= 0.6 is 0 Å². The fourth-order valence-corrected chi connectivity index (χ4v) is 6.66. The Kier molecular flexibility index (Phi) is 4.80. The Bertz CT molecular complexity index is 478. The van der Waals surface area contributed by atoms with Gasteiger partial charge in [-0.3, -0.25) is 0 Å². The first-order valence-corrected chi connectivity index (χ1v) is 9.72. The molecule has 8 heteroatoms. The molecular formula is C10H22N2O4S2. The van der Waals surface area contributed by atoms with Crippen molar-refractivity contribution in [3.63, 3.8) is 0 Å². The molecule has 0 heterocycles. The smallest absolute Gasteiger partial charge is 0.229 e. The molecule has 1 aliphatic carbocycles. The average Bonchev–Trinajstić information content (AvgIpc) is 2.64. The van der Waals surface area contributed by atoms with Crippen LogP contribution in [0.3, 0.4) is 0 Å². The van der Waals surface area contributed by atoms with Crippen LogP contribution in [0.15, 0.2) is 0 Å². The third kappa shape index (κ3) is 3.43. The monoisotopic (exact) mass is 298 g/mol. The van der Waals surface area contributed by atoms with E-state index in [1.807, 2.05) is 0 Å². The molecule has 0 bridgehead atoms. The molecule has 1 rings (SSSR count). The van der Waals surface area contributed by atoms with Crippen molar-refractivity contribution in [1.29, 1.82) is 0 Å². The molecule has 108 valence electrons. The summed E-state index contributed by atoms with van der Waals surface area (Å²) in [6, 6.07) is 0. The summed E-state index contributed by atoms with van der Waals surface area (Å²) < 4.78 is 48.2. The molecule has 1 aliphatic rings. The minimum absolute atomic E-state index is 0.240. The fourth-order valence-electron chi connectivity index (χ4n) is 2.75. The third-order valence-corrected chi connectivity index (χ3v) is 7.65. The Hall–Kier alpha value is -0.180. The van der Waals surface area contributed by atoms with E-state index in [4.69, 9.17) is 5.73 Å². The number of nitrogens with two attached hydrogens (primary N) is 1. The third-order valence-electron chi connectivity index (χ3n) is 3.43. The molecule has 0 unspecified atom stereocenters. The van der Waals surface area contributed by atoms with E-state index >= 15 is 0 Å². The highest BCUT2D eigenvalue weighted by atomic mass is 32.3. The zero-order chi connectivity index (χ0) is 14.0. The van der Waals surface area contributed by atoms with Crippen molar-refractivity contribution in [2.75, 3.05) is 24.4 Å². The molecule has 18 heavy (non-hydrogen) atoms. The van der Waals surface area contributed by atoms with Crippen LogP contribution in [0.5, 0.6) is 0 Å². The summed E-state index contributed by atoms with van der Waals surface area (Å²) in [5, 5.41) is -0.838. The number of rotatable bonds is 6. The largest absolute Gasteiger partial charge is 0.329 e. The van der Waals surface area contributed by atoms with Crippen molar-refractivity contribution >= 4 is 19.9 Å². The predicted molar refractivity (Wildman–Crippen MR) is 71.3 cm³/mol. The van der Waals surface area contributed by atoms with Gasteiger partial charge in [-0.25, -0.2) is 16.8 Å². The van der Waals surface area contributed by atoms with Crippen molar-refractivity contribution < 1.29 is 16.8 Å². The summed E-state index contributed by atoms with van der Waals surface area (Å²) in [5.74, 6) is 0. The quantitative estimate of drug-likeness (QED) is 0.739. The van der Waals surface area contributed by atoms with Crippen molar-refractivity contribution in [3.05, 3.63) is 0 Å². The van der Waals surface area contributed by atoms with Gasteiger partial charge in [0.1, 0.15) is 0 Å². The number of hydrogen-bond acceptors (Lipinski definition) is 5. The SMILES string of the molecule is CCN(C1(CN)CCCC1)S(=O)(=O)CS(C)(=O)=O. The van der Waals surface area contributed by atoms with Gasteiger partial charge in [0.25, 0.3) is 0 Å². The Balaban J connectivity index is 3.09. The molecule has 6 nitrogen and oxygen atoms in total. The highest BCUT2D eigenvalue weighted by molar-refractivity contribution is 8.06. The number of hydrogen-bond donors (Lipinski definition) is 1. The van der Waals surface area contributed by atoms with E-state index in [1.165, 1.54) is 4.31 Å². The maximum Gasteiger partial charge on any atom is 0.229 e. The highest BCUT2D eigenvalue weighted by Crippen LogP contribution is 2.36. The lowest BCUT2D eigenvalue weighted by Gasteiger charge is -2.38. The van der Waals surface area contributed by atoms with Gasteiger partial charge < -0.3 is 5.73 Å². The van der Waals surface area contributed by atoms with Crippen LogP contribution < -0.4 is 5.73 Å². The van der Waals surface area contributed by atoms with Gasteiger partial charge in [0.05, 0.1) is 0 Å². The van der Waals surface area contributed by atoms with Crippen LogP contribution in [0.2, 0.25) is 0 Å². The average molecular weight is 298 g/mol. The van der Waals surface area contributed by atoms with Gasteiger partial charge in [0.15, 0.2) is 14.9 Å². The van der Waals surface area contributed by atoms with E-state index in [0.29, 0.717) is 12.8 Å². The van der Waals surface area contributed by atoms with Crippen molar-refractivity contribution in [1.82, 2.24) is 4.31 Å². The second-order valence-electron chi connectivity index (χ2n) is 4.96. The summed E-state index contributed by atoms with van der Waals surface area (Å²) in [6.07, 6.45) is 4.22. The van der Waals surface area contributed by atoms with Crippen LogP contribution in [-0.4, -0.2) is 51.1 Å². The number of sulfone groups is 1. The van der Waals surface area contributed by atoms with Gasteiger partial charge in [-0.05, 0) is 12.8 Å². The Morgan fingerprint density at radius 2 is 1.67 bits per heavy atom. The second-order valence-corrected chi connectivity index (χ2v) is 9.35. The molecule has 1 saturated carbocycles. The lowest BCUT2D eigenvalue weighted by molar-refractivity contribution is 0.206. The van der Waals surface area contributed by atoms with E-state index in [2.05, 4.69) is 0 Å².